The Morgan fingerprint density at radius 3 is 2.71 bits per heavy atom. The summed E-state index contributed by atoms with van der Waals surface area (Å²) in [5.74, 6) is 0.608. The first-order chi connectivity index (χ1) is 10.2. The normalized spacial score (nSPS) is 10.8. The van der Waals surface area contributed by atoms with Gasteiger partial charge in [-0.3, -0.25) is 4.79 Å². The van der Waals surface area contributed by atoms with Crippen molar-refractivity contribution in [3.8, 4) is 0 Å². The molecule has 0 saturated heterocycles. The quantitative estimate of drug-likeness (QED) is 0.802. The van der Waals surface area contributed by atoms with Gasteiger partial charge in [-0.25, -0.2) is 9.50 Å². The first-order valence-electron chi connectivity index (χ1n) is 6.89. The van der Waals surface area contributed by atoms with Gasteiger partial charge in [0.05, 0.1) is 5.69 Å². The zero-order valence-electron chi connectivity index (χ0n) is 12.0. The van der Waals surface area contributed by atoms with Gasteiger partial charge in [0.2, 0.25) is 0 Å². The molecular formula is C16H16N4O. The Morgan fingerprint density at radius 2 is 2.00 bits per heavy atom. The van der Waals surface area contributed by atoms with E-state index in [1.165, 1.54) is 0 Å². The third-order valence-corrected chi connectivity index (χ3v) is 3.28. The summed E-state index contributed by atoms with van der Waals surface area (Å²) in [6.07, 6.45) is 2.58. The molecule has 106 valence electrons. The van der Waals surface area contributed by atoms with Crippen LogP contribution in [-0.4, -0.2) is 20.5 Å². The zero-order valence-corrected chi connectivity index (χ0v) is 12.0. The maximum Gasteiger partial charge on any atom is 0.255 e. The van der Waals surface area contributed by atoms with Gasteiger partial charge in [-0.15, -0.1) is 0 Å². The van der Waals surface area contributed by atoms with Gasteiger partial charge >= 0.3 is 0 Å². The van der Waals surface area contributed by atoms with Gasteiger partial charge in [-0.05, 0) is 31.2 Å². The number of amides is 1. The second kappa shape index (κ2) is 5.36. The predicted octanol–water partition coefficient (Wildman–Crippen LogP) is 2.85. The molecule has 21 heavy (non-hydrogen) atoms. The molecule has 0 bridgehead atoms. The van der Waals surface area contributed by atoms with Crippen molar-refractivity contribution in [1.29, 1.82) is 0 Å². The molecule has 0 aliphatic carbocycles. The highest BCUT2D eigenvalue weighted by molar-refractivity contribution is 6.05. The summed E-state index contributed by atoms with van der Waals surface area (Å²) in [6.45, 7) is 3.99. The molecule has 3 rings (SSSR count). The summed E-state index contributed by atoms with van der Waals surface area (Å²) < 4.78 is 1.68. The van der Waals surface area contributed by atoms with Gasteiger partial charge < -0.3 is 5.32 Å². The first-order valence-corrected chi connectivity index (χ1v) is 6.89. The number of hydrogen-bond donors (Lipinski definition) is 1. The lowest BCUT2D eigenvalue weighted by atomic mass is 10.1. The highest BCUT2D eigenvalue weighted by Gasteiger charge is 2.11. The van der Waals surface area contributed by atoms with Crippen molar-refractivity contribution in [2.45, 2.75) is 20.3 Å². The molecule has 2 aromatic heterocycles. The number of carbonyl (C=O) groups excluding carboxylic acids is 1. The third kappa shape index (κ3) is 2.63. The maximum absolute atomic E-state index is 12.3. The molecule has 5 nitrogen and oxygen atoms in total. The Balaban J connectivity index is 1.92. The number of anilines is 1. The van der Waals surface area contributed by atoms with Gasteiger partial charge in [0.15, 0.2) is 11.5 Å². The molecule has 0 saturated carbocycles. The largest absolute Gasteiger partial charge is 0.319 e. The Morgan fingerprint density at radius 1 is 1.24 bits per heavy atom. The molecule has 1 aromatic carbocycles. The monoisotopic (exact) mass is 280 g/mol. The number of aromatic nitrogens is 3. The summed E-state index contributed by atoms with van der Waals surface area (Å²) in [5, 5.41) is 7.23. The minimum Gasteiger partial charge on any atom is -0.319 e. The van der Waals surface area contributed by atoms with Crippen molar-refractivity contribution < 1.29 is 4.79 Å². The van der Waals surface area contributed by atoms with Crippen LogP contribution in [0.1, 0.15) is 28.7 Å². The van der Waals surface area contributed by atoms with Gasteiger partial charge in [0.1, 0.15) is 0 Å². The van der Waals surface area contributed by atoms with E-state index in [2.05, 4.69) is 15.4 Å². The van der Waals surface area contributed by atoms with Crippen molar-refractivity contribution in [3.63, 3.8) is 0 Å². The van der Waals surface area contributed by atoms with E-state index in [-0.39, 0.29) is 5.91 Å². The van der Waals surface area contributed by atoms with E-state index in [0.29, 0.717) is 16.9 Å². The highest BCUT2D eigenvalue weighted by Crippen LogP contribution is 2.16. The minimum atomic E-state index is -0.149. The summed E-state index contributed by atoms with van der Waals surface area (Å²) in [7, 11) is 0. The molecule has 0 unspecified atom stereocenters. The van der Waals surface area contributed by atoms with Crippen LogP contribution in [0, 0.1) is 6.92 Å². The van der Waals surface area contributed by atoms with Crippen LogP contribution < -0.4 is 5.32 Å². The van der Waals surface area contributed by atoms with Crippen LogP contribution >= 0.6 is 0 Å². The molecule has 0 atom stereocenters. The topological polar surface area (TPSA) is 59.3 Å². The fourth-order valence-electron chi connectivity index (χ4n) is 2.10. The van der Waals surface area contributed by atoms with Gasteiger partial charge in [-0.2, -0.15) is 5.10 Å². The van der Waals surface area contributed by atoms with Crippen molar-refractivity contribution >= 4 is 17.2 Å². The van der Waals surface area contributed by atoms with Crippen LogP contribution in [0.2, 0.25) is 0 Å². The Bertz CT molecular complexity index is 790. The summed E-state index contributed by atoms with van der Waals surface area (Å²) >= 11 is 0. The van der Waals surface area contributed by atoms with Crippen LogP contribution in [0.3, 0.4) is 0 Å². The number of nitrogens with zero attached hydrogens (tertiary/aromatic N) is 3. The number of rotatable bonds is 3. The molecule has 0 radical (unpaired) electrons. The molecule has 5 heteroatoms. The van der Waals surface area contributed by atoms with Crippen molar-refractivity contribution in [2.24, 2.45) is 0 Å². The highest BCUT2D eigenvalue weighted by atomic mass is 16.1. The molecular weight excluding hydrogens is 264 g/mol. The van der Waals surface area contributed by atoms with E-state index in [1.807, 2.05) is 56.4 Å². The zero-order chi connectivity index (χ0) is 14.8. The second-order valence-corrected chi connectivity index (χ2v) is 4.89. The van der Waals surface area contributed by atoms with E-state index in [9.17, 15) is 4.79 Å². The Kier molecular flexibility index (Phi) is 3.39. The lowest BCUT2D eigenvalue weighted by molar-refractivity contribution is 0.102. The van der Waals surface area contributed by atoms with Gasteiger partial charge in [0, 0.05) is 18.2 Å². The molecule has 0 fully saturated rings. The lowest BCUT2D eigenvalue weighted by Crippen LogP contribution is -2.12. The minimum absolute atomic E-state index is 0.149. The fraction of sp³-hybridized carbons (Fsp3) is 0.188. The summed E-state index contributed by atoms with van der Waals surface area (Å²) in [5.41, 5.74) is 3.07. The SMILES string of the molecule is CCc1nc2c(NC(=O)c3ccc(C)cc3)cccn2n1. The smallest absolute Gasteiger partial charge is 0.255 e. The third-order valence-electron chi connectivity index (χ3n) is 3.28. The predicted molar refractivity (Wildman–Crippen MR) is 81.5 cm³/mol. The average Bonchev–Trinajstić information content (AvgIpc) is 2.92. The Hall–Kier alpha value is -2.69. The fourth-order valence-corrected chi connectivity index (χ4v) is 2.10. The van der Waals surface area contributed by atoms with E-state index in [4.69, 9.17) is 0 Å². The van der Waals surface area contributed by atoms with Crippen LogP contribution in [0.25, 0.3) is 5.65 Å². The van der Waals surface area contributed by atoms with Crippen LogP contribution in [-0.2, 0) is 6.42 Å². The Labute approximate surface area is 122 Å². The number of aryl methyl sites for hydroxylation is 2. The van der Waals surface area contributed by atoms with Crippen LogP contribution in [0.4, 0.5) is 5.69 Å². The van der Waals surface area contributed by atoms with E-state index in [0.717, 1.165) is 17.8 Å². The molecule has 0 aliphatic heterocycles. The molecule has 2 heterocycles. The van der Waals surface area contributed by atoms with Gasteiger partial charge in [-0.1, -0.05) is 24.6 Å². The molecule has 1 amide bonds. The van der Waals surface area contributed by atoms with E-state index < -0.39 is 0 Å². The van der Waals surface area contributed by atoms with Crippen molar-refractivity contribution in [1.82, 2.24) is 14.6 Å². The number of nitrogens with one attached hydrogen (secondary N) is 1. The van der Waals surface area contributed by atoms with E-state index >= 15 is 0 Å². The second-order valence-electron chi connectivity index (χ2n) is 4.89. The number of carbonyl (C=O) groups is 1. The maximum atomic E-state index is 12.3. The van der Waals surface area contributed by atoms with Gasteiger partial charge in [0.25, 0.3) is 5.91 Å². The van der Waals surface area contributed by atoms with Crippen molar-refractivity contribution in [3.05, 3.63) is 59.5 Å². The lowest BCUT2D eigenvalue weighted by Gasteiger charge is -2.06. The van der Waals surface area contributed by atoms with Crippen LogP contribution in [0.5, 0.6) is 0 Å². The number of hydrogen-bond acceptors (Lipinski definition) is 3. The standard InChI is InChI=1S/C16H16N4O/c1-3-14-18-15-13(5-4-10-20(15)19-14)17-16(21)12-8-6-11(2)7-9-12/h4-10H,3H2,1-2H3,(H,17,21). The summed E-state index contributed by atoms with van der Waals surface area (Å²) in [4.78, 5) is 16.7. The van der Waals surface area contributed by atoms with Crippen molar-refractivity contribution in [2.75, 3.05) is 5.32 Å². The first kappa shape index (κ1) is 13.3. The number of pyridine rings is 1. The molecule has 1 N–H and O–H groups in total. The molecule has 0 aliphatic rings. The number of benzene rings is 1. The molecule has 3 aromatic rings. The number of fused-ring (bicyclic) bond motifs is 1. The molecule has 0 spiro atoms. The summed E-state index contributed by atoms with van der Waals surface area (Å²) in [6, 6.07) is 11.1. The van der Waals surface area contributed by atoms with Crippen LogP contribution in [0.15, 0.2) is 42.6 Å². The van der Waals surface area contributed by atoms with E-state index in [1.54, 1.807) is 4.52 Å². The average molecular weight is 280 g/mol.